The Balaban J connectivity index is 1.84. The summed E-state index contributed by atoms with van der Waals surface area (Å²) in [5, 5.41) is 6.31. The molecule has 4 nitrogen and oxygen atoms in total. The van der Waals surface area contributed by atoms with E-state index >= 15 is 0 Å². The maximum atomic E-state index is 11.8. The molecule has 0 radical (unpaired) electrons. The molecule has 1 fully saturated rings. The molecule has 1 unspecified atom stereocenters. The third-order valence-corrected chi connectivity index (χ3v) is 3.30. The molecule has 0 aromatic heterocycles. The predicted molar refractivity (Wildman–Crippen MR) is 79.7 cm³/mol. The van der Waals surface area contributed by atoms with Crippen LogP contribution in [-0.2, 0) is 11.3 Å². The first-order valence-corrected chi connectivity index (χ1v) is 7.45. The lowest BCUT2D eigenvalue weighted by Crippen LogP contribution is -2.36. The van der Waals surface area contributed by atoms with E-state index in [2.05, 4.69) is 16.7 Å². The fourth-order valence-corrected chi connectivity index (χ4v) is 1.93. The highest BCUT2D eigenvalue weighted by molar-refractivity contribution is 5.80. The number of ether oxygens (including phenoxy) is 1. The molecular formula is C16H24N2O2. The fourth-order valence-electron chi connectivity index (χ4n) is 1.93. The Morgan fingerprint density at radius 2 is 2.25 bits per heavy atom. The van der Waals surface area contributed by atoms with Crippen LogP contribution in [0.3, 0.4) is 0 Å². The Labute approximate surface area is 120 Å². The molecule has 0 spiro atoms. The molecule has 0 bridgehead atoms. The van der Waals surface area contributed by atoms with Gasteiger partial charge < -0.3 is 15.4 Å². The van der Waals surface area contributed by atoms with Crippen molar-refractivity contribution < 1.29 is 9.53 Å². The molecule has 110 valence electrons. The molecule has 1 saturated carbocycles. The molecule has 1 aliphatic carbocycles. The minimum absolute atomic E-state index is 0.0617. The van der Waals surface area contributed by atoms with Crippen molar-refractivity contribution >= 4 is 5.91 Å². The molecule has 1 atom stereocenters. The van der Waals surface area contributed by atoms with Gasteiger partial charge in [-0.05, 0) is 43.9 Å². The molecule has 1 aromatic rings. The topological polar surface area (TPSA) is 50.4 Å². The second-order valence-corrected chi connectivity index (χ2v) is 5.35. The third-order valence-electron chi connectivity index (χ3n) is 3.30. The monoisotopic (exact) mass is 276 g/mol. The Hall–Kier alpha value is -1.55. The first-order chi connectivity index (χ1) is 9.69. The van der Waals surface area contributed by atoms with Gasteiger partial charge in [0.2, 0.25) is 0 Å². The highest BCUT2D eigenvalue weighted by Crippen LogP contribution is 2.20. The summed E-state index contributed by atoms with van der Waals surface area (Å²) < 4.78 is 5.70. The molecule has 2 rings (SSSR count). The molecule has 1 amide bonds. The van der Waals surface area contributed by atoms with Crippen molar-refractivity contribution in [3.63, 3.8) is 0 Å². The zero-order valence-corrected chi connectivity index (χ0v) is 12.3. The van der Waals surface area contributed by atoms with E-state index < -0.39 is 6.10 Å². The van der Waals surface area contributed by atoms with Crippen LogP contribution in [0.5, 0.6) is 5.75 Å². The van der Waals surface area contributed by atoms with Crippen LogP contribution in [0, 0.1) is 0 Å². The van der Waals surface area contributed by atoms with Gasteiger partial charge in [0.05, 0.1) is 0 Å². The lowest BCUT2D eigenvalue weighted by Gasteiger charge is -2.15. The van der Waals surface area contributed by atoms with Crippen LogP contribution in [0.25, 0.3) is 0 Å². The van der Waals surface area contributed by atoms with Gasteiger partial charge in [0.25, 0.3) is 5.91 Å². The van der Waals surface area contributed by atoms with E-state index in [0.29, 0.717) is 12.6 Å². The van der Waals surface area contributed by atoms with E-state index in [0.717, 1.165) is 18.7 Å². The summed E-state index contributed by atoms with van der Waals surface area (Å²) in [7, 11) is 0. The van der Waals surface area contributed by atoms with Crippen molar-refractivity contribution in [2.45, 2.75) is 51.8 Å². The van der Waals surface area contributed by atoms with Crippen LogP contribution >= 0.6 is 0 Å². The molecule has 4 heteroatoms. The Bertz CT molecular complexity index is 444. The van der Waals surface area contributed by atoms with E-state index in [1.165, 1.54) is 18.4 Å². The van der Waals surface area contributed by atoms with Crippen molar-refractivity contribution in [1.29, 1.82) is 0 Å². The average molecular weight is 276 g/mol. The van der Waals surface area contributed by atoms with Crippen molar-refractivity contribution in [2.24, 2.45) is 0 Å². The zero-order valence-electron chi connectivity index (χ0n) is 12.3. The second-order valence-electron chi connectivity index (χ2n) is 5.35. The predicted octanol–water partition coefficient (Wildman–Crippen LogP) is 2.23. The zero-order chi connectivity index (χ0) is 14.4. The van der Waals surface area contributed by atoms with Gasteiger partial charge in [0.15, 0.2) is 6.10 Å². The molecule has 0 saturated heterocycles. The van der Waals surface area contributed by atoms with E-state index in [-0.39, 0.29) is 5.91 Å². The summed E-state index contributed by atoms with van der Waals surface area (Å²) in [6, 6.07) is 8.63. The number of carbonyl (C=O) groups is 1. The van der Waals surface area contributed by atoms with Gasteiger partial charge in [-0.25, -0.2) is 0 Å². The number of amides is 1. The number of hydrogen-bond donors (Lipinski definition) is 2. The fraction of sp³-hybridized carbons (Fsp3) is 0.562. The van der Waals surface area contributed by atoms with E-state index in [1.807, 2.05) is 25.1 Å². The Kier molecular flexibility index (Phi) is 5.41. The van der Waals surface area contributed by atoms with Crippen molar-refractivity contribution in [3.8, 4) is 5.75 Å². The summed E-state index contributed by atoms with van der Waals surface area (Å²) in [5.41, 5.74) is 1.19. The van der Waals surface area contributed by atoms with Gasteiger partial charge in [-0.3, -0.25) is 4.79 Å². The van der Waals surface area contributed by atoms with Crippen molar-refractivity contribution in [1.82, 2.24) is 10.6 Å². The highest BCUT2D eigenvalue weighted by Gasteiger charge is 2.20. The van der Waals surface area contributed by atoms with Gasteiger partial charge in [0, 0.05) is 19.1 Å². The molecule has 1 aliphatic rings. The minimum Gasteiger partial charge on any atom is -0.481 e. The Morgan fingerprint density at radius 1 is 1.45 bits per heavy atom. The lowest BCUT2D eigenvalue weighted by molar-refractivity contribution is -0.127. The molecule has 0 heterocycles. The van der Waals surface area contributed by atoms with Crippen molar-refractivity contribution in [2.75, 3.05) is 6.54 Å². The van der Waals surface area contributed by atoms with Crippen LogP contribution in [0.2, 0.25) is 0 Å². The molecule has 2 N–H and O–H groups in total. The maximum absolute atomic E-state index is 11.8. The van der Waals surface area contributed by atoms with Crippen LogP contribution in [0.15, 0.2) is 24.3 Å². The highest BCUT2D eigenvalue weighted by atomic mass is 16.5. The van der Waals surface area contributed by atoms with E-state index in [1.54, 1.807) is 6.92 Å². The van der Waals surface area contributed by atoms with Crippen LogP contribution in [0.1, 0.15) is 38.7 Å². The number of benzene rings is 1. The average Bonchev–Trinajstić information content (AvgIpc) is 3.27. The SMILES string of the molecule is CCCNC(=O)C(C)Oc1cccc(CNC2CC2)c1. The largest absolute Gasteiger partial charge is 0.481 e. The quantitative estimate of drug-likeness (QED) is 0.765. The Morgan fingerprint density at radius 3 is 2.95 bits per heavy atom. The van der Waals surface area contributed by atoms with Gasteiger partial charge in [-0.15, -0.1) is 0 Å². The smallest absolute Gasteiger partial charge is 0.260 e. The molecule has 1 aromatic carbocycles. The number of carbonyl (C=O) groups excluding carboxylic acids is 1. The van der Waals surface area contributed by atoms with E-state index in [4.69, 9.17) is 4.74 Å². The molecule has 0 aliphatic heterocycles. The summed E-state index contributed by atoms with van der Waals surface area (Å²) in [6.45, 7) is 5.36. The van der Waals surface area contributed by atoms with Gasteiger partial charge in [-0.1, -0.05) is 19.1 Å². The number of nitrogens with one attached hydrogen (secondary N) is 2. The maximum Gasteiger partial charge on any atom is 0.260 e. The summed E-state index contributed by atoms with van der Waals surface area (Å²) >= 11 is 0. The first-order valence-electron chi connectivity index (χ1n) is 7.45. The third kappa shape index (κ3) is 4.85. The van der Waals surface area contributed by atoms with Crippen LogP contribution in [0.4, 0.5) is 0 Å². The molecule has 20 heavy (non-hydrogen) atoms. The minimum atomic E-state index is -0.465. The first kappa shape index (κ1) is 14.9. The van der Waals surface area contributed by atoms with Gasteiger partial charge in [-0.2, -0.15) is 0 Å². The van der Waals surface area contributed by atoms with Crippen LogP contribution < -0.4 is 15.4 Å². The number of rotatable bonds is 8. The summed E-state index contributed by atoms with van der Waals surface area (Å²) in [5.74, 6) is 0.688. The van der Waals surface area contributed by atoms with Gasteiger partial charge >= 0.3 is 0 Å². The number of hydrogen-bond acceptors (Lipinski definition) is 3. The summed E-state index contributed by atoms with van der Waals surface area (Å²) in [4.78, 5) is 11.8. The van der Waals surface area contributed by atoms with E-state index in [9.17, 15) is 4.79 Å². The van der Waals surface area contributed by atoms with Crippen molar-refractivity contribution in [3.05, 3.63) is 29.8 Å². The second kappa shape index (κ2) is 7.29. The lowest BCUT2D eigenvalue weighted by atomic mass is 10.2. The normalized spacial score (nSPS) is 15.7. The van der Waals surface area contributed by atoms with Gasteiger partial charge in [0.1, 0.15) is 5.75 Å². The summed E-state index contributed by atoms with van der Waals surface area (Å²) in [6.07, 6.45) is 3.03. The standard InChI is InChI=1S/C16H24N2O2/c1-3-9-17-16(19)12(2)20-15-6-4-5-13(10-15)11-18-14-7-8-14/h4-6,10,12,14,18H,3,7-9,11H2,1-2H3,(H,17,19). The van der Waals surface area contributed by atoms with Crippen LogP contribution in [-0.4, -0.2) is 24.6 Å². The molecular weight excluding hydrogens is 252 g/mol.